The molecule has 2 amide bonds. The van der Waals surface area contributed by atoms with E-state index < -0.39 is 17.7 Å². The van der Waals surface area contributed by atoms with Crippen molar-refractivity contribution >= 4 is 6.03 Å². The molecule has 0 spiro atoms. The first kappa shape index (κ1) is 11.8. The summed E-state index contributed by atoms with van der Waals surface area (Å²) in [6, 6.07) is 2.84. The second kappa shape index (κ2) is 4.31. The molecule has 92 valence electrons. The molecule has 1 N–H and O–H groups in total. The summed E-state index contributed by atoms with van der Waals surface area (Å²) in [4.78, 5) is 13.2. The number of amides is 2. The minimum atomic E-state index is -0.624. The van der Waals surface area contributed by atoms with E-state index in [2.05, 4.69) is 5.32 Å². The first-order valence-corrected chi connectivity index (χ1v) is 5.51. The lowest BCUT2D eigenvalue weighted by atomic mass is 10.1. The summed E-state index contributed by atoms with van der Waals surface area (Å²) in [5, 5.41) is 2.69. The molecule has 1 aliphatic rings. The highest BCUT2D eigenvalue weighted by atomic mass is 19.1. The molecule has 0 aliphatic carbocycles. The Bertz CT molecular complexity index is 448. The van der Waals surface area contributed by atoms with Crippen LogP contribution in [0.5, 0.6) is 0 Å². The third-order valence-electron chi connectivity index (χ3n) is 2.90. The molecule has 1 aliphatic heterocycles. The van der Waals surface area contributed by atoms with Crippen LogP contribution in [0.2, 0.25) is 0 Å². The van der Waals surface area contributed by atoms with Crippen molar-refractivity contribution in [2.75, 3.05) is 6.54 Å². The SMILES string of the molecule is CC(C)N1CC(c2ccc(F)cc2F)NC1=O. The van der Waals surface area contributed by atoms with Gasteiger partial charge in [0.2, 0.25) is 0 Å². The van der Waals surface area contributed by atoms with Crippen molar-refractivity contribution in [3.05, 3.63) is 35.4 Å². The predicted octanol–water partition coefficient (Wildman–Crippen LogP) is 2.44. The van der Waals surface area contributed by atoms with E-state index in [4.69, 9.17) is 0 Å². The Morgan fingerprint density at radius 1 is 1.41 bits per heavy atom. The van der Waals surface area contributed by atoms with E-state index in [1.54, 1.807) is 4.90 Å². The maximum atomic E-state index is 13.5. The van der Waals surface area contributed by atoms with Gasteiger partial charge in [-0.25, -0.2) is 13.6 Å². The molecule has 0 aromatic heterocycles. The van der Waals surface area contributed by atoms with Crippen molar-refractivity contribution in [3.63, 3.8) is 0 Å². The van der Waals surface area contributed by atoms with Gasteiger partial charge in [0, 0.05) is 24.2 Å². The fourth-order valence-corrected chi connectivity index (χ4v) is 1.96. The van der Waals surface area contributed by atoms with E-state index in [1.165, 1.54) is 12.1 Å². The average molecular weight is 240 g/mol. The highest BCUT2D eigenvalue weighted by Crippen LogP contribution is 2.24. The maximum absolute atomic E-state index is 13.5. The molecule has 3 nitrogen and oxygen atoms in total. The summed E-state index contributed by atoms with van der Waals surface area (Å²) in [6.45, 7) is 4.19. The van der Waals surface area contributed by atoms with Crippen molar-refractivity contribution in [2.45, 2.75) is 25.9 Å². The molecule has 1 atom stereocenters. The van der Waals surface area contributed by atoms with Gasteiger partial charge in [-0.2, -0.15) is 0 Å². The number of benzene rings is 1. The van der Waals surface area contributed by atoms with Crippen LogP contribution < -0.4 is 5.32 Å². The molecule has 2 rings (SSSR count). The first-order valence-electron chi connectivity index (χ1n) is 5.51. The normalized spacial score (nSPS) is 19.9. The molecule has 0 radical (unpaired) electrons. The van der Waals surface area contributed by atoms with Gasteiger partial charge in [0.15, 0.2) is 0 Å². The summed E-state index contributed by atoms with van der Waals surface area (Å²) in [6.07, 6.45) is 0. The molecule has 0 bridgehead atoms. The van der Waals surface area contributed by atoms with Crippen LogP contribution in [0.25, 0.3) is 0 Å². The Kier molecular flexibility index (Phi) is 3.00. The zero-order valence-electron chi connectivity index (χ0n) is 9.71. The lowest BCUT2D eigenvalue weighted by molar-refractivity contribution is 0.206. The molecule has 1 heterocycles. The van der Waals surface area contributed by atoms with Crippen LogP contribution in [-0.4, -0.2) is 23.5 Å². The minimum absolute atomic E-state index is 0.0588. The van der Waals surface area contributed by atoms with Crippen molar-refractivity contribution in [2.24, 2.45) is 0 Å². The van der Waals surface area contributed by atoms with Gasteiger partial charge in [-0.1, -0.05) is 6.07 Å². The summed E-state index contributed by atoms with van der Waals surface area (Å²) in [5.74, 6) is -1.24. The molecule has 1 fully saturated rings. The number of urea groups is 1. The maximum Gasteiger partial charge on any atom is 0.318 e. The summed E-state index contributed by atoms with van der Waals surface area (Å²) in [5.41, 5.74) is 0.322. The monoisotopic (exact) mass is 240 g/mol. The standard InChI is InChI=1S/C12H14F2N2O/c1-7(2)16-6-11(15-12(16)17)9-4-3-8(13)5-10(9)14/h3-5,7,11H,6H2,1-2H3,(H,15,17). The molecule has 1 aromatic rings. The van der Waals surface area contributed by atoms with Gasteiger partial charge in [0.05, 0.1) is 6.04 Å². The van der Waals surface area contributed by atoms with Gasteiger partial charge in [-0.05, 0) is 19.9 Å². The Labute approximate surface area is 98.4 Å². The van der Waals surface area contributed by atoms with Gasteiger partial charge in [0.1, 0.15) is 11.6 Å². The molecule has 0 saturated carbocycles. The van der Waals surface area contributed by atoms with E-state index in [1.807, 2.05) is 13.8 Å². The third-order valence-corrected chi connectivity index (χ3v) is 2.90. The van der Waals surface area contributed by atoms with Crippen LogP contribution in [0.1, 0.15) is 25.5 Å². The second-order valence-corrected chi connectivity index (χ2v) is 4.41. The summed E-state index contributed by atoms with van der Waals surface area (Å²) >= 11 is 0. The molecular formula is C12H14F2N2O. The van der Waals surface area contributed by atoms with Crippen molar-refractivity contribution in [3.8, 4) is 0 Å². The highest BCUT2D eigenvalue weighted by molar-refractivity contribution is 5.77. The van der Waals surface area contributed by atoms with Gasteiger partial charge < -0.3 is 10.2 Å². The van der Waals surface area contributed by atoms with Crippen LogP contribution in [0.3, 0.4) is 0 Å². The Hall–Kier alpha value is -1.65. The minimum Gasteiger partial charge on any atom is -0.329 e. The predicted molar refractivity (Wildman–Crippen MR) is 59.5 cm³/mol. The smallest absolute Gasteiger partial charge is 0.318 e. The molecular weight excluding hydrogens is 226 g/mol. The number of hydrogen-bond donors (Lipinski definition) is 1. The van der Waals surface area contributed by atoms with E-state index in [0.29, 0.717) is 12.1 Å². The average Bonchev–Trinajstić information content (AvgIpc) is 2.60. The second-order valence-electron chi connectivity index (χ2n) is 4.41. The molecule has 1 unspecified atom stereocenters. The van der Waals surface area contributed by atoms with Crippen LogP contribution in [0.4, 0.5) is 13.6 Å². The topological polar surface area (TPSA) is 32.3 Å². The number of nitrogens with one attached hydrogen (secondary N) is 1. The van der Waals surface area contributed by atoms with E-state index in [0.717, 1.165) is 6.07 Å². The number of carbonyl (C=O) groups is 1. The first-order chi connectivity index (χ1) is 7.99. The van der Waals surface area contributed by atoms with E-state index >= 15 is 0 Å². The lowest BCUT2D eigenvalue weighted by Gasteiger charge is -2.18. The molecule has 1 aromatic carbocycles. The molecule has 5 heteroatoms. The van der Waals surface area contributed by atoms with Gasteiger partial charge >= 0.3 is 6.03 Å². The summed E-state index contributed by atoms with van der Waals surface area (Å²) < 4.78 is 26.3. The van der Waals surface area contributed by atoms with Gasteiger partial charge in [-0.3, -0.25) is 0 Å². The van der Waals surface area contributed by atoms with Crippen molar-refractivity contribution in [1.82, 2.24) is 10.2 Å². The number of halogens is 2. The third kappa shape index (κ3) is 2.23. The Morgan fingerprint density at radius 3 is 2.65 bits per heavy atom. The summed E-state index contributed by atoms with van der Waals surface area (Å²) in [7, 11) is 0. The number of hydrogen-bond acceptors (Lipinski definition) is 1. The van der Waals surface area contributed by atoms with Crippen LogP contribution in [0.15, 0.2) is 18.2 Å². The van der Waals surface area contributed by atoms with Gasteiger partial charge in [0.25, 0.3) is 0 Å². The lowest BCUT2D eigenvalue weighted by Crippen LogP contribution is -2.33. The van der Waals surface area contributed by atoms with Crippen molar-refractivity contribution in [1.29, 1.82) is 0 Å². The highest BCUT2D eigenvalue weighted by Gasteiger charge is 2.32. The fraction of sp³-hybridized carbons (Fsp3) is 0.417. The van der Waals surface area contributed by atoms with E-state index in [-0.39, 0.29) is 12.1 Å². The zero-order valence-corrected chi connectivity index (χ0v) is 9.71. The van der Waals surface area contributed by atoms with E-state index in [9.17, 15) is 13.6 Å². The quantitative estimate of drug-likeness (QED) is 0.846. The number of rotatable bonds is 2. The largest absolute Gasteiger partial charge is 0.329 e. The van der Waals surface area contributed by atoms with Crippen LogP contribution in [0, 0.1) is 11.6 Å². The Morgan fingerprint density at radius 2 is 2.12 bits per heavy atom. The molecule has 17 heavy (non-hydrogen) atoms. The van der Waals surface area contributed by atoms with Crippen LogP contribution in [-0.2, 0) is 0 Å². The zero-order chi connectivity index (χ0) is 12.6. The number of nitrogens with zero attached hydrogens (tertiary/aromatic N) is 1. The fourth-order valence-electron chi connectivity index (χ4n) is 1.96. The number of carbonyl (C=O) groups excluding carboxylic acids is 1. The van der Waals surface area contributed by atoms with Gasteiger partial charge in [-0.15, -0.1) is 0 Å². The van der Waals surface area contributed by atoms with Crippen molar-refractivity contribution < 1.29 is 13.6 Å². The van der Waals surface area contributed by atoms with Crippen LogP contribution >= 0.6 is 0 Å². The molecule has 1 saturated heterocycles. The Balaban J connectivity index is 2.22.